The van der Waals surface area contributed by atoms with Crippen LogP contribution in [-0.4, -0.2) is 0 Å². The van der Waals surface area contributed by atoms with Crippen molar-refractivity contribution in [1.82, 2.24) is 0 Å². The maximum atomic E-state index is 3.55. The molecule has 0 saturated carbocycles. The van der Waals surface area contributed by atoms with E-state index in [2.05, 4.69) is 58.4 Å². The minimum absolute atomic E-state index is 1.10. The minimum atomic E-state index is 1.10. The molecule has 1 heteroatoms. The summed E-state index contributed by atoms with van der Waals surface area (Å²) < 4.78 is 1.10. The molecule has 0 amide bonds. The highest BCUT2D eigenvalue weighted by atomic mass is 79.9. The first-order valence-electron chi connectivity index (χ1n) is 4.84. The first-order chi connectivity index (χ1) is 7.34. The van der Waals surface area contributed by atoms with Crippen LogP contribution in [0.25, 0.3) is 21.5 Å². The second kappa shape index (κ2) is 3.35. The van der Waals surface area contributed by atoms with Crippen LogP contribution in [0.15, 0.2) is 53.0 Å². The Bertz CT molecular complexity index is 641. The predicted octanol–water partition coefficient (Wildman–Crippen LogP) is 4.56. The van der Waals surface area contributed by atoms with Crippen LogP contribution in [-0.2, 0) is 0 Å². The normalized spacial score (nSPS) is 11.0. The molecule has 0 atom stereocenters. The molecular weight excluding hydrogens is 248 g/mol. The fourth-order valence-electron chi connectivity index (χ4n) is 1.83. The summed E-state index contributed by atoms with van der Waals surface area (Å²) in [7, 11) is 0. The van der Waals surface area contributed by atoms with Gasteiger partial charge in [-0.1, -0.05) is 52.3 Å². The molecule has 0 unspecified atom stereocenters. The van der Waals surface area contributed by atoms with Gasteiger partial charge in [0, 0.05) is 9.86 Å². The summed E-state index contributed by atoms with van der Waals surface area (Å²) in [4.78, 5) is 0. The van der Waals surface area contributed by atoms with Gasteiger partial charge in [0.05, 0.1) is 0 Å². The predicted molar refractivity (Wildman–Crippen MR) is 68.0 cm³/mol. The number of benzene rings is 3. The zero-order chi connectivity index (χ0) is 10.3. The average molecular weight is 256 g/mol. The third kappa shape index (κ3) is 1.44. The Morgan fingerprint density at radius 1 is 0.867 bits per heavy atom. The molecule has 1 radical (unpaired) electrons. The van der Waals surface area contributed by atoms with Crippen LogP contribution < -0.4 is 0 Å². The van der Waals surface area contributed by atoms with Crippen LogP contribution in [0.1, 0.15) is 0 Å². The summed E-state index contributed by atoms with van der Waals surface area (Å²) >= 11 is 3.55. The molecule has 3 aromatic carbocycles. The van der Waals surface area contributed by atoms with E-state index in [-0.39, 0.29) is 0 Å². The summed E-state index contributed by atoms with van der Waals surface area (Å²) in [5.74, 6) is 0. The summed E-state index contributed by atoms with van der Waals surface area (Å²) in [5, 5.41) is 4.78. The number of halogens is 1. The van der Waals surface area contributed by atoms with Gasteiger partial charge in [-0.3, -0.25) is 0 Å². The molecule has 3 rings (SSSR count). The van der Waals surface area contributed by atoms with E-state index in [0.29, 0.717) is 0 Å². The zero-order valence-electron chi connectivity index (χ0n) is 8.00. The maximum Gasteiger partial charge on any atom is 0.0260 e. The number of fused-ring (bicyclic) bond motifs is 2. The highest BCUT2D eigenvalue weighted by Crippen LogP contribution is 2.27. The summed E-state index contributed by atoms with van der Waals surface area (Å²) in [6.07, 6.45) is 0. The summed E-state index contributed by atoms with van der Waals surface area (Å²) in [5.41, 5.74) is 0. The molecule has 0 bridgehead atoms. The number of hydrogen-bond donors (Lipinski definition) is 0. The van der Waals surface area contributed by atoms with Crippen molar-refractivity contribution in [2.45, 2.75) is 0 Å². The Labute approximate surface area is 96.7 Å². The second-order valence-electron chi connectivity index (χ2n) is 3.56. The van der Waals surface area contributed by atoms with E-state index in [1.807, 2.05) is 12.1 Å². The molecule has 0 saturated heterocycles. The van der Waals surface area contributed by atoms with Crippen molar-refractivity contribution in [3.63, 3.8) is 0 Å². The first-order valence-corrected chi connectivity index (χ1v) is 5.63. The van der Waals surface area contributed by atoms with Gasteiger partial charge in [0.2, 0.25) is 0 Å². The van der Waals surface area contributed by atoms with Crippen LogP contribution in [0, 0.1) is 6.07 Å². The Morgan fingerprint density at radius 2 is 1.67 bits per heavy atom. The van der Waals surface area contributed by atoms with Crippen molar-refractivity contribution in [1.29, 1.82) is 0 Å². The van der Waals surface area contributed by atoms with Gasteiger partial charge in [0.1, 0.15) is 0 Å². The lowest BCUT2D eigenvalue weighted by Gasteiger charge is -2.02. The molecule has 15 heavy (non-hydrogen) atoms. The Kier molecular flexibility index (Phi) is 2.00. The van der Waals surface area contributed by atoms with Crippen molar-refractivity contribution >= 4 is 37.5 Å². The second-order valence-corrected chi connectivity index (χ2v) is 4.41. The smallest absolute Gasteiger partial charge is 0.0260 e. The van der Waals surface area contributed by atoms with Gasteiger partial charge in [-0.2, -0.15) is 0 Å². The third-order valence-corrected chi connectivity index (χ3v) is 3.24. The fraction of sp³-hybridized carbons (Fsp3) is 0. The van der Waals surface area contributed by atoms with Crippen LogP contribution in [0.3, 0.4) is 0 Å². The lowest BCUT2D eigenvalue weighted by molar-refractivity contribution is 1.72. The van der Waals surface area contributed by atoms with E-state index in [1.165, 1.54) is 10.8 Å². The molecule has 0 aliphatic heterocycles. The lowest BCUT2D eigenvalue weighted by Crippen LogP contribution is -1.77. The van der Waals surface area contributed by atoms with Gasteiger partial charge >= 0.3 is 0 Å². The van der Waals surface area contributed by atoms with E-state index in [1.54, 1.807) is 0 Å². The average Bonchev–Trinajstić information content (AvgIpc) is 2.27. The molecular formula is C14H8Br. The summed E-state index contributed by atoms with van der Waals surface area (Å²) in [6.45, 7) is 0. The molecule has 0 nitrogen and oxygen atoms in total. The quantitative estimate of drug-likeness (QED) is 0.517. The maximum absolute atomic E-state index is 3.55. The van der Waals surface area contributed by atoms with E-state index < -0.39 is 0 Å². The number of hydrogen-bond acceptors (Lipinski definition) is 0. The van der Waals surface area contributed by atoms with Gasteiger partial charge in [-0.25, -0.2) is 0 Å². The van der Waals surface area contributed by atoms with Crippen LogP contribution >= 0.6 is 15.9 Å². The van der Waals surface area contributed by atoms with Crippen molar-refractivity contribution in [3.05, 3.63) is 59.1 Å². The largest absolute Gasteiger partial charge is 0.0616 e. The minimum Gasteiger partial charge on any atom is -0.0616 e. The molecule has 0 aliphatic carbocycles. The molecule has 71 valence electrons. The molecule has 0 spiro atoms. The first kappa shape index (κ1) is 8.93. The standard InChI is InChI=1S/C14H8Br/c15-14-7-3-6-12-8-10-4-1-2-5-11(10)9-13(12)14/h1-8H. The Balaban J connectivity index is 2.53. The highest BCUT2D eigenvalue weighted by molar-refractivity contribution is 9.10. The van der Waals surface area contributed by atoms with Gasteiger partial charge < -0.3 is 0 Å². The van der Waals surface area contributed by atoms with Gasteiger partial charge in [-0.05, 0) is 34.4 Å². The van der Waals surface area contributed by atoms with E-state index in [9.17, 15) is 0 Å². The Hall–Kier alpha value is -1.34. The molecule has 0 fully saturated rings. The van der Waals surface area contributed by atoms with Gasteiger partial charge in [0.15, 0.2) is 0 Å². The van der Waals surface area contributed by atoms with Crippen LogP contribution in [0.2, 0.25) is 0 Å². The monoisotopic (exact) mass is 255 g/mol. The zero-order valence-corrected chi connectivity index (χ0v) is 9.58. The van der Waals surface area contributed by atoms with E-state index in [4.69, 9.17) is 0 Å². The number of rotatable bonds is 0. The molecule has 3 aromatic rings. The van der Waals surface area contributed by atoms with Crippen LogP contribution in [0.5, 0.6) is 0 Å². The Morgan fingerprint density at radius 3 is 2.60 bits per heavy atom. The molecule has 0 N–H and O–H groups in total. The third-order valence-electron chi connectivity index (χ3n) is 2.58. The van der Waals surface area contributed by atoms with Crippen LogP contribution in [0.4, 0.5) is 0 Å². The molecule has 0 aliphatic rings. The molecule has 0 heterocycles. The van der Waals surface area contributed by atoms with E-state index >= 15 is 0 Å². The van der Waals surface area contributed by atoms with Crippen molar-refractivity contribution < 1.29 is 0 Å². The highest BCUT2D eigenvalue weighted by Gasteiger charge is 2.00. The lowest BCUT2D eigenvalue weighted by atomic mass is 10.0. The van der Waals surface area contributed by atoms with Gasteiger partial charge in [0.25, 0.3) is 0 Å². The van der Waals surface area contributed by atoms with Crippen molar-refractivity contribution in [3.8, 4) is 0 Å². The summed E-state index contributed by atoms with van der Waals surface area (Å²) in [6, 6.07) is 20.2. The topological polar surface area (TPSA) is 0 Å². The van der Waals surface area contributed by atoms with E-state index in [0.717, 1.165) is 15.2 Å². The van der Waals surface area contributed by atoms with Crippen molar-refractivity contribution in [2.75, 3.05) is 0 Å². The molecule has 0 aromatic heterocycles. The van der Waals surface area contributed by atoms with Gasteiger partial charge in [-0.15, -0.1) is 0 Å². The fourth-order valence-corrected chi connectivity index (χ4v) is 2.31. The van der Waals surface area contributed by atoms with Crippen molar-refractivity contribution in [2.24, 2.45) is 0 Å². The SMILES string of the molecule is Brc1cccc2cc3ccccc3[c]c12.